The highest BCUT2D eigenvalue weighted by molar-refractivity contribution is 7.98. The Kier molecular flexibility index (Phi) is 5.24. The van der Waals surface area contributed by atoms with Crippen molar-refractivity contribution in [1.82, 2.24) is 9.97 Å². The average Bonchev–Trinajstić information content (AvgIpc) is 2.49. The first-order valence-electron chi connectivity index (χ1n) is 6.77. The number of hydrogen-bond donors (Lipinski definition) is 2. The summed E-state index contributed by atoms with van der Waals surface area (Å²) in [6.45, 7) is 5.03. The van der Waals surface area contributed by atoms with Gasteiger partial charge < -0.3 is 10.6 Å². The van der Waals surface area contributed by atoms with Crippen molar-refractivity contribution in [2.45, 2.75) is 25.2 Å². The standard InChI is InChI=1S/C15H20N4S/c1-4-13-14(16-5-2)17-10-18-15(13)19-11-6-8-12(20-3)9-7-11/h6-10H,4-5H2,1-3H3,(H2,16,17,18,19). The van der Waals surface area contributed by atoms with Gasteiger partial charge in [0.1, 0.15) is 18.0 Å². The number of aromatic nitrogens is 2. The van der Waals surface area contributed by atoms with Gasteiger partial charge in [-0.3, -0.25) is 0 Å². The average molecular weight is 288 g/mol. The van der Waals surface area contributed by atoms with Gasteiger partial charge in [-0.1, -0.05) is 6.92 Å². The van der Waals surface area contributed by atoms with Gasteiger partial charge in [0, 0.05) is 22.7 Å². The molecule has 106 valence electrons. The van der Waals surface area contributed by atoms with Crippen LogP contribution in [-0.2, 0) is 6.42 Å². The van der Waals surface area contributed by atoms with Crippen molar-refractivity contribution in [3.8, 4) is 0 Å². The summed E-state index contributed by atoms with van der Waals surface area (Å²) in [4.78, 5) is 9.92. The Morgan fingerprint density at radius 1 is 1.05 bits per heavy atom. The molecule has 4 nitrogen and oxygen atoms in total. The van der Waals surface area contributed by atoms with Crippen LogP contribution in [0.25, 0.3) is 0 Å². The van der Waals surface area contributed by atoms with Gasteiger partial charge in [0.15, 0.2) is 0 Å². The molecule has 0 aliphatic rings. The van der Waals surface area contributed by atoms with Crippen LogP contribution in [0.15, 0.2) is 35.5 Å². The Morgan fingerprint density at radius 2 is 1.75 bits per heavy atom. The molecule has 2 aromatic rings. The lowest BCUT2D eigenvalue weighted by Gasteiger charge is -2.13. The van der Waals surface area contributed by atoms with Crippen LogP contribution in [0.1, 0.15) is 19.4 Å². The van der Waals surface area contributed by atoms with Crippen LogP contribution >= 0.6 is 11.8 Å². The Hall–Kier alpha value is -1.75. The summed E-state index contributed by atoms with van der Waals surface area (Å²) in [7, 11) is 0. The number of hydrogen-bond acceptors (Lipinski definition) is 5. The number of rotatable bonds is 6. The van der Waals surface area contributed by atoms with Crippen molar-refractivity contribution in [2.24, 2.45) is 0 Å². The number of thioether (sulfide) groups is 1. The minimum atomic E-state index is 0.853. The molecule has 0 saturated carbocycles. The van der Waals surface area contributed by atoms with Gasteiger partial charge in [-0.25, -0.2) is 9.97 Å². The molecule has 1 aromatic heterocycles. The van der Waals surface area contributed by atoms with Crippen LogP contribution in [0.5, 0.6) is 0 Å². The molecule has 0 radical (unpaired) electrons. The molecule has 2 rings (SSSR count). The van der Waals surface area contributed by atoms with Crippen molar-refractivity contribution in [2.75, 3.05) is 23.4 Å². The van der Waals surface area contributed by atoms with Crippen LogP contribution in [0.4, 0.5) is 17.3 Å². The second-order valence-corrected chi connectivity index (χ2v) is 5.17. The fourth-order valence-corrected chi connectivity index (χ4v) is 2.39. The monoisotopic (exact) mass is 288 g/mol. The van der Waals surface area contributed by atoms with Crippen LogP contribution in [0.3, 0.4) is 0 Å². The molecule has 0 saturated heterocycles. The molecule has 1 heterocycles. The fraction of sp³-hybridized carbons (Fsp3) is 0.333. The lowest BCUT2D eigenvalue weighted by atomic mass is 10.2. The summed E-state index contributed by atoms with van der Waals surface area (Å²) in [5.41, 5.74) is 2.15. The second kappa shape index (κ2) is 7.14. The molecule has 5 heteroatoms. The maximum Gasteiger partial charge on any atom is 0.139 e. The largest absolute Gasteiger partial charge is 0.370 e. The maximum absolute atomic E-state index is 4.36. The molecule has 0 amide bonds. The topological polar surface area (TPSA) is 49.8 Å². The molecule has 1 aromatic carbocycles. The lowest BCUT2D eigenvalue weighted by Crippen LogP contribution is -2.07. The molecule has 0 aliphatic heterocycles. The Morgan fingerprint density at radius 3 is 2.35 bits per heavy atom. The molecular formula is C15H20N4S. The van der Waals surface area contributed by atoms with E-state index in [2.05, 4.69) is 65.0 Å². The van der Waals surface area contributed by atoms with Crippen LogP contribution < -0.4 is 10.6 Å². The van der Waals surface area contributed by atoms with E-state index in [9.17, 15) is 0 Å². The van der Waals surface area contributed by atoms with Crippen LogP contribution in [0, 0.1) is 0 Å². The summed E-state index contributed by atoms with van der Waals surface area (Å²) in [6.07, 6.45) is 4.55. The number of nitrogens with one attached hydrogen (secondary N) is 2. The van der Waals surface area contributed by atoms with Crippen LogP contribution in [-0.4, -0.2) is 22.8 Å². The third-order valence-corrected chi connectivity index (χ3v) is 3.74. The number of benzene rings is 1. The minimum absolute atomic E-state index is 0.853. The van der Waals surface area contributed by atoms with E-state index < -0.39 is 0 Å². The Bertz CT molecular complexity index is 554. The molecule has 0 unspecified atom stereocenters. The molecular weight excluding hydrogens is 268 g/mol. The lowest BCUT2D eigenvalue weighted by molar-refractivity contribution is 1.03. The third kappa shape index (κ3) is 3.42. The summed E-state index contributed by atoms with van der Waals surface area (Å²) < 4.78 is 0. The van der Waals surface area contributed by atoms with Gasteiger partial charge in [0.2, 0.25) is 0 Å². The van der Waals surface area contributed by atoms with Crippen molar-refractivity contribution in [3.63, 3.8) is 0 Å². The van der Waals surface area contributed by atoms with E-state index in [0.717, 1.165) is 35.9 Å². The quantitative estimate of drug-likeness (QED) is 0.789. The summed E-state index contributed by atoms with van der Waals surface area (Å²) in [5, 5.41) is 6.65. The highest BCUT2D eigenvalue weighted by atomic mass is 32.2. The van der Waals surface area contributed by atoms with Gasteiger partial charge in [-0.05, 0) is 43.9 Å². The highest BCUT2D eigenvalue weighted by Gasteiger charge is 2.09. The normalized spacial score (nSPS) is 10.3. The van der Waals surface area contributed by atoms with E-state index in [1.54, 1.807) is 18.1 Å². The van der Waals surface area contributed by atoms with E-state index in [1.807, 2.05) is 0 Å². The zero-order valence-electron chi connectivity index (χ0n) is 12.1. The fourth-order valence-electron chi connectivity index (χ4n) is 1.99. The zero-order valence-corrected chi connectivity index (χ0v) is 12.9. The van der Waals surface area contributed by atoms with Crippen molar-refractivity contribution >= 4 is 29.1 Å². The van der Waals surface area contributed by atoms with Crippen molar-refractivity contribution < 1.29 is 0 Å². The van der Waals surface area contributed by atoms with E-state index in [-0.39, 0.29) is 0 Å². The van der Waals surface area contributed by atoms with Gasteiger partial charge in [-0.15, -0.1) is 11.8 Å². The maximum atomic E-state index is 4.36. The molecule has 20 heavy (non-hydrogen) atoms. The molecule has 2 N–H and O–H groups in total. The van der Waals surface area contributed by atoms with E-state index in [4.69, 9.17) is 0 Å². The van der Waals surface area contributed by atoms with Crippen LogP contribution in [0.2, 0.25) is 0 Å². The molecule has 0 spiro atoms. The van der Waals surface area contributed by atoms with Crippen molar-refractivity contribution in [3.05, 3.63) is 36.2 Å². The Labute approximate surface area is 124 Å². The minimum Gasteiger partial charge on any atom is -0.370 e. The molecule has 0 atom stereocenters. The zero-order chi connectivity index (χ0) is 14.4. The van der Waals surface area contributed by atoms with Gasteiger partial charge in [-0.2, -0.15) is 0 Å². The van der Waals surface area contributed by atoms with E-state index in [0.29, 0.717) is 0 Å². The predicted molar refractivity (Wildman–Crippen MR) is 87.1 cm³/mol. The Balaban J connectivity index is 2.25. The summed E-state index contributed by atoms with van der Waals surface area (Å²) >= 11 is 1.74. The SMILES string of the molecule is CCNc1ncnc(Nc2ccc(SC)cc2)c1CC. The second-order valence-electron chi connectivity index (χ2n) is 4.29. The first-order chi connectivity index (χ1) is 9.78. The summed E-state index contributed by atoms with van der Waals surface area (Å²) in [5.74, 6) is 1.78. The third-order valence-electron chi connectivity index (χ3n) is 3.00. The first-order valence-corrected chi connectivity index (χ1v) is 7.99. The van der Waals surface area contributed by atoms with Gasteiger partial charge in [0.05, 0.1) is 0 Å². The van der Waals surface area contributed by atoms with Crippen molar-refractivity contribution in [1.29, 1.82) is 0 Å². The van der Waals surface area contributed by atoms with Gasteiger partial charge >= 0.3 is 0 Å². The number of nitrogens with zero attached hydrogens (tertiary/aromatic N) is 2. The smallest absolute Gasteiger partial charge is 0.139 e. The molecule has 0 fully saturated rings. The predicted octanol–water partition coefficient (Wildman–Crippen LogP) is 3.94. The first kappa shape index (κ1) is 14.7. The van der Waals surface area contributed by atoms with E-state index in [1.165, 1.54) is 4.90 Å². The van der Waals surface area contributed by atoms with Gasteiger partial charge in [0.25, 0.3) is 0 Å². The molecule has 0 bridgehead atoms. The summed E-state index contributed by atoms with van der Waals surface area (Å²) in [6, 6.07) is 8.34. The molecule has 0 aliphatic carbocycles. The number of anilines is 3. The van der Waals surface area contributed by atoms with E-state index >= 15 is 0 Å². The highest BCUT2D eigenvalue weighted by Crippen LogP contribution is 2.25.